The third-order valence-corrected chi connectivity index (χ3v) is 4.06. The van der Waals surface area contributed by atoms with Gasteiger partial charge in [-0.3, -0.25) is 0 Å². The maximum atomic E-state index is 10.5. The van der Waals surface area contributed by atoms with Crippen molar-refractivity contribution in [3.63, 3.8) is 0 Å². The van der Waals surface area contributed by atoms with Gasteiger partial charge in [-0.1, -0.05) is 30.3 Å². The molecule has 0 aromatic heterocycles. The largest absolute Gasteiger partial charge is 0.390 e. The summed E-state index contributed by atoms with van der Waals surface area (Å²) in [5.41, 5.74) is 6.40. The third-order valence-electron chi connectivity index (χ3n) is 4.06. The van der Waals surface area contributed by atoms with Crippen LogP contribution in [0.1, 0.15) is 31.2 Å². The summed E-state index contributed by atoms with van der Waals surface area (Å²) in [6.07, 6.45) is 3.26. The van der Waals surface area contributed by atoms with Crippen LogP contribution in [0, 0.1) is 0 Å². The Morgan fingerprint density at radius 1 is 1.25 bits per heavy atom. The van der Waals surface area contributed by atoms with Gasteiger partial charge >= 0.3 is 0 Å². The molecule has 0 saturated carbocycles. The van der Waals surface area contributed by atoms with Gasteiger partial charge in [0, 0.05) is 6.54 Å². The lowest BCUT2D eigenvalue weighted by Crippen LogP contribution is -2.42. The normalized spacial score (nSPS) is 19.7. The second kappa shape index (κ2) is 7.74. The molecule has 1 aromatic carbocycles. The molecule has 0 amide bonds. The van der Waals surface area contributed by atoms with E-state index < -0.39 is 5.60 Å². The van der Waals surface area contributed by atoms with Crippen molar-refractivity contribution in [2.24, 2.45) is 5.73 Å². The monoisotopic (exact) mass is 278 g/mol. The smallest absolute Gasteiger partial charge is 0.0721 e. The predicted octanol–water partition coefficient (Wildman–Crippen LogP) is 1.43. The number of nitrogens with two attached hydrogens (primary N) is 1. The van der Waals surface area contributed by atoms with Crippen molar-refractivity contribution in [1.82, 2.24) is 5.32 Å². The highest BCUT2D eigenvalue weighted by atomic mass is 16.5. The molecule has 112 valence electrons. The van der Waals surface area contributed by atoms with Crippen molar-refractivity contribution in [1.29, 1.82) is 0 Å². The molecule has 0 aliphatic carbocycles. The average molecular weight is 278 g/mol. The minimum absolute atomic E-state index is 0.0223. The van der Waals surface area contributed by atoms with Gasteiger partial charge in [0.1, 0.15) is 0 Å². The summed E-state index contributed by atoms with van der Waals surface area (Å²) in [6.45, 7) is 2.88. The van der Waals surface area contributed by atoms with Gasteiger partial charge in [0.25, 0.3) is 0 Å². The van der Waals surface area contributed by atoms with Crippen molar-refractivity contribution in [2.45, 2.75) is 44.0 Å². The maximum Gasteiger partial charge on any atom is 0.0721 e. The first kappa shape index (κ1) is 15.4. The van der Waals surface area contributed by atoms with Crippen LogP contribution < -0.4 is 11.1 Å². The fraction of sp³-hybridized carbons (Fsp3) is 0.625. The van der Waals surface area contributed by atoms with E-state index >= 15 is 0 Å². The maximum absolute atomic E-state index is 10.5. The molecule has 0 spiro atoms. The Kier molecular flexibility index (Phi) is 5.98. The zero-order chi connectivity index (χ0) is 14.3. The van der Waals surface area contributed by atoms with E-state index in [1.165, 1.54) is 0 Å². The quantitative estimate of drug-likeness (QED) is 0.706. The summed E-state index contributed by atoms with van der Waals surface area (Å²) >= 11 is 0. The highest BCUT2D eigenvalue weighted by molar-refractivity contribution is 5.13. The minimum Gasteiger partial charge on any atom is -0.390 e. The molecule has 1 aliphatic rings. The third kappa shape index (κ3) is 4.87. The molecule has 2 rings (SSSR count). The Bertz CT molecular complexity index is 377. The van der Waals surface area contributed by atoms with Crippen LogP contribution in [-0.2, 0) is 11.3 Å². The number of aliphatic hydroxyl groups is 1. The second-order valence-corrected chi connectivity index (χ2v) is 5.67. The molecular weight excluding hydrogens is 252 g/mol. The highest BCUT2D eigenvalue weighted by Gasteiger charge is 2.29. The van der Waals surface area contributed by atoms with Crippen LogP contribution in [0.3, 0.4) is 0 Å². The molecule has 1 unspecified atom stereocenters. The van der Waals surface area contributed by atoms with Crippen LogP contribution in [-0.4, -0.2) is 36.4 Å². The molecule has 1 atom stereocenters. The second-order valence-electron chi connectivity index (χ2n) is 5.67. The summed E-state index contributed by atoms with van der Waals surface area (Å²) in [7, 11) is 0. The molecule has 4 nitrogen and oxygen atoms in total. The fourth-order valence-electron chi connectivity index (χ4n) is 2.63. The van der Waals surface area contributed by atoms with E-state index in [1.54, 1.807) is 0 Å². The first-order chi connectivity index (χ1) is 9.72. The predicted molar refractivity (Wildman–Crippen MR) is 80.4 cm³/mol. The molecule has 0 radical (unpaired) electrons. The molecule has 4 heteroatoms. The van der Waals surface area contributed by atoms with Crippen molar-refractivity contribution in [3.8, 4) is 0 Å². The molecule has 1 fully saturated rings. The Hall–Kier alpha value is -0.940. The minimum atomic E-state index is -0.533. The van der Waals surface area contributed by atoms with Crippen molar-refractivity contribution < 1.29 is 9.84 Å². The van der Waals surface area contributed by atoms with Crippen LogP contribution in [0.25, 0.3) is 0 Å². The van der Waals surface area contributed by atoms with E-state index in [0.717, 1.165) is 44.3 Å². The lowest BCUT2D eigenvalue weighted by atomic mass is 9.87. The SMILES string of the molecule is NCC(CCC1(O)CCNCC1)OCc1ccccc1. The average Bonchev–Trinajstić information content (AvgIpc) is 2.49. The summed E-state index contributed by atoms with van der Waals surface area (Å²) in [4.78, 5) is 0. The first-order valence-corrected chi connectivity index (χ1v) is 7.50. The molecule has 1 heterocycles. The Labute approximate surface area is 121 Å². The zero-order valence-corrected chi connectivity index (χ0v) is 12.1. The standard InChI is InChI=1S/C16H26N2O2/c17-12-15(20-13-14-4-2-1-3-5-14)6-7-16(19)8-10-18-11-9-16/h1-5,15,18-19H,6-13,17H2. The number of nitrogens with one attached hydrogen (secondary N) is 1. The first-order valence-electron chi connectivity index (χ1n) is 7.50. The summed E-state index contributed by atoms with van der Waals surface area (Å²) in [6, 6.07) is 10.1. The summed E-state index contributed by atoms with van der Waals surface area (Å²) < 4.78 is 5.86. The highest BCUT2D eigenvalue weighted by Crippen LogP contribution is 2.25. The zero-order valence-electron chi connectivity index (χ0n) is 12.1. The number of hydrogen-bond acceptors (Lipinski definition) is 4. The van der Waals surface area contributed by atoms with E-state index in [0.29, 0.717) is 13.2 Å². The topological polar surface area (TPSA) is 67.5 Å². The fourth-order valence-corrected chi connectivity index (χ4v) is 2.63. The number of piperidine rings is 1. The number of rotatable bonds is 7. The van der Waals surface area contributed by atoms with E-state index in [4.69, 9.17) is 10.5 Å². The number of ether oxygens (including phenoxy) is 1. The Balaban J connectivity index is 1.74. The van der Waals surface area contributed by atoms with E-state index in [2.05, 4.69) is 5.32 Å². The number of hydrogen-bond donors (Lipinski definition) is 3. The molecule has 1 aliphatic heterocycles. The van der Waals surface area contributed by atoms with E-state index in [-0.39, 0.29) is 6.10 Å². The molecule has 4 N–H and O–H groups in total. The van der Waals surface area contributed by atoms with Gasteiger partial charge in [0.15, 0.2) is 0 Å². The van der Waals surface area contributed by atoms with Gasteiger partial charge in [-0.05, 0) is 44.3 Å². The summed E-state index contributed by atoms with van der Waals surface area (Å²) in [5, 5.41) is 13.7. The molecule has 0 bridgehead atoms. The Morgan fingerprint density at radius 2 is 1.95 bits per heavy atom. The van der Waals surface area contributed by atoms with Crippen molar-refractivity contribution in [2.75, 3.05) is 19.6 Å². The van der Waals surface area contributed by atoms with Crippen LogP contribution in [0.2, 0.25) is 0 Å². The van der Waals surface area contributed by atoms with Crippen LogP contribution in [0.4, 0.5) is 0 Å². The van der Waals surface area contributed by atoms with Crippen LogP contribution in [0.15, 0.2) is 30.3 Å². The van der Waals surface area contributed by atoms with Crippen molar-refractivity contribution >= 4 is 0 Å². The molecule has 1 aromatic rings. The summed E-state index contributed by atoms with van der Waals surface area (Å²) in [5.74, 6) is 0. The van der Waals surface area contributed by atoms with Gasteiger partial charge in [-0.15, -0.1) is 0 Å². The van der Waals surface area contributed by atoms with E-state index in [9.17, 15) is 5.11 Å². The molecule has 20 heavy (non-hydrogen) atoms. The number of benzene rings is 1. The lowest BCUT2D eigenvalue weighted by molar-refractivity contribution is -0.0237. The Morgan fingerprint density at radius 3 is 2.60 bits per heavy atom. The molecular formula is C16H26N2O2. The van der Waals surface area contributed by atoms with Gasteiger partial charge in [-0.25, -0.2) is 0 Å². The van der Waals surface area contributed by atoms with Gasteiger partial charge < -0.3 is 20.9 Å². The van der Waals surface area contributed by atoms with Crippen LogP contribution in [0.5, 0.6) is 0 Å². The van der Waals surface area contributed by atoms with Gasteiger partial charge in [-0.2, -0.15) is 0 Å². The molecule has 1 saturated heterocycles. The van der Waals surface area contributed by atoms with Crippen LogP contribution >= 0.6 is 0 Å². The van der Waals surface area contributed by atoms with Gasteiger partial charge in [0.05, 0.1) is 18.3 Å². The van der Waals surface area contributed by atoms with E-state index in [1.807, 2.05) is 30.3 Å². The van der Waals surface area contributed by atoms with Crippen molar-refractivity contribution in [3.05, 3.63) is 35.9 Å². The lowest BCUT2D eigenvalue weighted by Gasteiger charge is -2.33. The van der Waals surface area contributed by atoms with Gasteiger partial charge in [0.2, 0.25) is 0 Å².